The molecule has 0 N–H and O–H groups in total. The van der Waals surface area contributed by atoms with Gasteiger partial charge in [-0.2, -0.15) is 0 Å². The topological polar surface area (TPSA) is 36.9 Å². The zero-order chi connectivity index (χ0) is 10.1. The summed E-state index contributed by atoms with van der Waals surface area (Å²) in [5.41, 5.74) is 0. The molecule has 0 aromatic carbocycles. The van der Waals surface area contributed by atoms with Crippen LogP contribution in [0.5, 0.6) is 0 Å². The molecule has 3 aliphatic heterocycles. The molecule has 0 amide bonds. The Kier molecular flexibility index (Phi) is 2.98. The van der Waals surface area contributed by atoms with E-state index in [9.17, 15) is 0 Å². The average Bonchev–Trinajstić information content (AvgIpc) is 3.01. The van der Waals surface area contributed by atoms with Crippen molar-refractivity contribution < 1.29 is 18.9 Å². The van der Waals surface area contributed by atoms with Crippen molar-refractivity contribution >= 4 is 11.8 Å². The summed E-state index contributed by atoms with van der Waals surface area (Å²) in [4.78, 5) is 0. The van der Waals surface area contributed by atoms with E-state index in [2.05, 4.69) is 11.5 Å². The van der Waals surface area contributed by atoms with Gasteiger partial charge in [-0.05, 0) is 5.41 Å². The lowest BCUT2D eigenvalue weighted by atomic mass is 10.0. The number of rotatable bonds is 2. The predicted molar refractivity (Wildman–Crippen MR) is 55.4 cm³/mol. The molecule has 0 saturated carbocycles. The molecule has 5 heteroatoms. The van der Waals surface area contributed by atoms with E-state index in [1.807, 2.05) is 0 Å². The van der Waals surface area contributed by atoms with Crippen molar-refractivity contribution in [3.05, 3.63) is 11.5 Å². The quantitative estimate of drug-likeness (QED) is 0.706. The van der Waals surface area contributed by atoms with Crippen molar-refractivity contribution in [2.45, 2.75) is 17.8 Å². The van der Waals surface area contributed by atoms with Crippen molar-refractivity contribution in [2.75, 3.05) is 26.4 Å². The highest BCUT2D eigenvalue weighted by Crippen LogP contribution is 2.38. The first-order valence-corrected chi connectivity index (χ1v) is 6.18. The van der Waals surface area contributed by atoms with Crippen LogP contribution >= 0.6 is 11.8 Å². The Morgan fingerprint density at radius 1 is 0.867 bits per heavy atom. The summed E-state index contributed by atoms with van der Waals surface area (Å²) in [5.74, 6) is 0.251. The van der Waals surface area contributed by atoms with Crippen LogP contribution in [0.3, 0.4) is 0 Å². The molecule has 0 unspecified atom stereocenters. The minimum Gasteiger partial charge on any atom is -0.350 e. The maximum Gasteiger partial charge on any atom is 0.170 e. The van der Waals surface area contributed by atoms with Gasteiger partial charge >= 0.3 is 0 Å². The van der Waals surface area contributed by atoms with Gasteiger partial charge in [0.2, 0.25) is 0 Å². The van der Waals surface area contributed by atoms with Gasteiger partial charge in [-0.15, -0.1) is 11.8 Å². The Bertz CT molecular complexity index is 246. The maximum atomic E-state index is 5.53. The fourth-order valence-corrected chi connectivity index (χ4v) is 3.22. The molecule has 3 heterocycles. The Morgan fingerprint density at radius 2 is 1.47 bits per heavy atom. The summed E-state index contributed by atoms with van der Waals surface area (Å²) in [6.45, 7) is 2.78. The van der Waals surface area contributed by atoms with Crippen molar-refractivity contribution in [1.82, 2.24) is 0 Å². The second-order valence-corrected chi connectivity index (χ2v) is 4.82. The molecule has 15 heavy (non-hydrogen) atoms. The molecule has 0 aliphatic carbocycles. The summed E-state index contributed by atoms with van der Waals surface area (Å²) in [7, 11) is 0. The summed E-state index contributed by atoms with van der Waals surface area (Å²) >= 11 is 1.74. The molecule has 3 rings (SSSR count). The van der Waals surface area contributed by atoms with Crippen LogP contribution in [0.4, 0.5) is 0 Å². The minimum absolute atomic E-state index is 0.109. The van der Waals surface area contributed by atoms with Crippen LogP contribution < -0.4 is 0 Å². The lowest BCUT2D eigenvalue weighted by Crippen LogP contribution is -2.35. The molecule has 84 valence electrons. The zero-order valence-electron chi connectivity index (χ0n) is 8.33. The van der Waals surface area contributed by atoms with Crippen LogP contribution in [-0.4, -0.2) is 44.3 Å². The van der Waals surface area contributed by atoms with Gasteiger partial charge in [0.1, 0.15) is 0 Å². The normalized spacial score (nSPS) is 38.1. The molecule has 4 nitrogen and oxygen atoms in total. The fraction of sp³-hybridized carbons (Fsp3) is 0.800. The summed E-state index contributed by atoms with van der Waals surface area (Å²) in [5, 5.41) is 2.36. The van der Waals surface area contributed by atoms with Crippen LogP contribution in [-0.2, 0) is 18.9 Å². The molecule has 0 bridgehead atoms. The molecule has 3 aliphatic rings. The first kappa shape index (κ1) is 10.1. The van der Waals surface area contributed by atoms with E-state index in [0.29, 0.717) is 26.4 Å². The Morgan fingerprint density at radius 3 is 2.13 bits per heavy atom. The summed E-state index contributed by atoms with van der Waals surface area (Å²) in [6.07, 6.45) is 1.91. The molecular weight excluding hydrogens is 216 g/mol. The molecule has 0 spiro atoms. The van der Waals surface area contributed by atoms with Gasteiger partial charge in [-0.3, -0.25) is 0 Å². The molecular formula is C10H14O4S. The van der Waals surface area contributed by atoms with Crippen molar-refractivity contribution in [2.24, 2.45) is 5.92 Å². The third kappa shape index (κ3) is 1.94. The summed E-state index contributed by atoms with van der Waals surface area (Å²) < 4.78 is 22.1. The predicted octanol–water partition coefficient (Wildman–Crippen LogP) is 0.977. The first-order chi connectivity index (χ1) is 7.45. The van der Waals surface area contributed by atoms with Crippen LogP contribution in [0.2, 0.25) is 0 Å². The van der Waals surface area contributed by atoms with Gasteiger partial charge < -0.3 is 18.9 Å². The SMILES string of the molecule is C1=C[C@@H](C2OCCO2)[C@@H](C2OCCO2)S1. The summed E-state index contributed by atoms with van der Waals surface area (Å²) in [6, 6.07) is 0. The lowest BCUT2D eigenvalue weighted by Gasteiger charge is -2.26. The number of ether oxygens (including phenoxy) is 4. The van der Waals surface area contributed by atoms with Gasteiger partial charge in [0.05, 0.1) is 31.7 Å². The second-order valence-electron chi connectivity index (χ2n) is 3.73. The molecule has 0 aromatic heterocycles. The Hall–Kier alpha value is -0.0700. The van der Waals surface area contributed by atoms with Crippen LogP contribution in [0, 0.1) is 5.92 Å². The maximum absolute atomic E-state index is 5.53. The molecule has 0 radical (unpaired) electrons. The first-order valence-electron chi connectivity index (χ1n) is 5.24. The Labute approximate surface area is 92.9 Å². The minimum atomic E-state index is -0.117. The van der Waals surface area contributed by atoms with Crippen molar-refractivity contribution in [1.29, 1.82) is 0 Å². The highest BCUT2D eigenvalue weighted by atomic mass is 32.2. The van der Waals surface area contributed by atoms with E-state index >= 15 is 0 Å². The van der Waals surface area contributed by atoms with Crippen molar-refractivity contribution in [3.63, 3.8) is 0 Å². The van der Waals surface area contributed by atoms with Gasteiger partial charge in [0, 0.05) is 5.92 Å². The standard InChI is InChI=1S/C10H14O4S/c1-6-15-8(10-13-4-5-14-10)7(1)9-11-2-3-12-9/h1,6-10H,2-5H2/t7-,8+/m1/s1. The van der Waals surface area contributed by atoms with Crippen LogP contribution in [0.25, 0.3) is 0 Å². The molecule has 2 fully saturated rings. The van der Waals surface area contributed by atoms with Gasteiger partial charge in [0.25, 0.3) is 0 Å². The van der Waals surface area contributed by atoms with E-state index in [-0.39, 0.29) is 23.7 Å². The highest BCUT2D eigenvalue weighted by molar-refractivity contribution is 8.03. The Balaban J connectivity index is 1.67. The zero-order valence-corrected chi connectivity index (χ0v) is 9.15. The third-order valence-corrected chi connectivity index (χ3v) is 3.96. The van der Waals surface area contributed by atoms with Crippen molar-refractivity contribution in [3.8, 4) is 0 Å². The lowest BCUT2D eigenvalue weighted by molar-refractivity contribution is -0.104. The van der Waals surface area contributed by atoms with E-state index in [1.165, 1.54) is 0 Å². The number of hydrogen-bond donors (Lipinski definition) is 0. The highest BCUT2D eigenvalue weighted by Gasteiger charge is 2.41. The van der Waals surface area contributed by atoms with Gasteiger partial charge in [0.15, 0.2) is 12.6 Å². The van der Waals surface area contributed by atoms with Crippen LogP contribution in [0.15, 0.2) is 11.5 Å². The average molecular weight is 230 g/mol. The van der Waals surface area contributed by atoms with Gasteiger partial charge in [-0.25, -0.2) is 0 Å². The van der Waals surface area contributed by atoms with E-state index < -0.39 is 0 Å². The second kappa shape index (κ2) is 4.43. The fourth-order valence-electron chi connectivity index (χ4n) is 2.08. The van der Waals surface area contributed by atoms with Gasteiger partial charge in [-0.1, -0.05) is 6.08 Å². The largest absolute Gasteiger partial charge is 0.350 e. The third-order valence-electron chi connectivity index (χ3n) is 2.79. The number of thioether (sulfide) groups is 1. The molecule has 2 atom stereocenters. The monoisotopic (exact) mass is 230 g/mol. The number of hydrogen-bond acceptors (Lipinski definition) is 5. The van der Waals surface area contributed by atoms with E-state index in [0.717, 1.165) is 0 Å². The smallest absolute Gasteiger partial charge is 0.170 e. The van der Waals surface area contributed by atoms with Crippen LogP contribution in [0.1, 0.15) is 0 Å². The molecule has 2 saturated heterocycles. The van der Waals surface area contributed by atoms with E-state index in [1.54, 1.807) is 11.8 Å². The van der Waals surface area contributed by atoms with E-state index in [4.69, 9.17) is 18.9 Å². The molecule has 0 aromatic rings.